The average Bonchev–Trinajstić information content (AvgIpc) is 3.22. The second kappa shape index (κ2) is 7.88. The van der Waals surface area contributed by atoms with Crippen LogP contribution in [0, 0.1) is 3.83 Å². The fraction of sp³-hybridized carbons (Fsp3) is 0. The molecule has 0 amide bonds. The van der Waals surface area contributed by atoms with Crippen molar-refractivity contribution in [1.29, 1.82) is 0 Å². The number of nitrogens with zero attached hydrogens (tertiary/aromatic N) is 2. The van der Waals surface area contributed by atoms with Gasteiger partial charge in [0.15, 0.2) is 3.83 Å². The van der Waals surface area contributed by atoms with Gasteiger partial charge in [0.05, 0.1) is 11.4 Å². The lowest BCUT2D eigenvalue weighted by Crippen LogP contribution is -1.94. The summed E-state index contributed by atoms with van der Waals surface area (Å²) in [6.07, 6.45) is 0. The molecule has 0 aliphatic carbocycles. The Bertz CT molecular complexity index is 1570. The van der Waals surface area contributed by atoms with Crippen LogP contribution < -0.4 is 0 Å². The van der Waals surface area contributed by atoms with Gasteiger partial charge in [-0.3, -0.25) is 0 Å². The molecule has 6 aromatic rings. The molecule has 0 unspecified atom stereocenters. The van der Waals surface area contributed by atoms with Crippen LogP contribution in [0.2, 0.25) is 0 Å². The molecule has 32 heavy (non-hydrogen) atoms. The molecule has 0 saturated carbocycles. The fourth-order valence-corrected chi connectivity index (χ4v) is 4.58. The van der Waals surface area contributed by atoms with Gasteiger partial charge in [0.1, 0.15) is 11.2 Å². The molecule has 2 heterocycles. The lowest BCUT2D eigenvalue weighted by molar-refractivity contribution is 0.669. The quantitative estimate of drug-likeness (QED) is 0.174. The zero-order chi connectivity index (χ0) is 21.5. The van der Waals surface area contributed by atoms with E-state index in [-0.39, 0.29) is 0 Å². The third kappa shape index (κ3) is 3.46. The second-order valence-corrected chi connectivity index (χ2v) is 8.62. The van der Waals surface area contributed by atoms with Crippen LogP contribution in [-0.4, -0.2) is 9.97 Å². The maximum atomic E-state index is 6.06. The smallest absolute Gasteiger partial charge is 0.191 e. The first-order valence-corrected chi connectivity index (χ1v) is 11.4. The lowest BCUT2D eigenvalue weighted by Gasteiger charge is -2.07. The van der Waals surface area contributed by atoms with E-state index < -0.39 is 0 Å². The van der Waals surface area contributed by atoms with Gasteiger partial charge < -0.3 is 4.42 Å². The van der Waals surface area contributed by atoms with Crippen LogP contribution in [-0.2, 0) is 0 Å². The highest BCUT2D eigenvalue weighted by Crippen LogP contribution is 2.33. The molecule has 4 aromatic carbocycles. The van der Waals surface area contributed by atoms with Gasteiger partial charge in [0.2, 0.25) is 0 Å². The Hall–Kier alpha value is -3.51. The van der Waals surface area contributed by atoms with E-state index in [0.717, 1.165) is 59.4 Å². The first-order valence-electron chi connectivity index (χ1n) is 10.4. The number of halogens is 1. The summed E-state index contributed by atoms with van der Waals surface area (Å²) in [6.45, 7) is 0. The number of benzene rings is 4. The molecule has 0 saturated heterocycles. The van der Waals surface area contributed by atoms with Gasteiger partial charge in [0.25, 0.3) is 0 Å². The standard InChI is InChI=1S/C28H17IN2O/c29-28-30-24(19-6-2-1-3-7-19)17-25(31-28)20-12-10-18(11-13-20)21-14-15-23-22-8-4-5-9-26(22)32-27(23)16-21/h1-17H. The first kappa shape index (κ1) is 19.2. The van der Waals surface area contributed by atoms with Crippen LogP contribution in [0.3, 0.4) is 0 Å². The van der Waals surface area contributed by atoms with Gasteiger partial charge in [-0.2, -0.15) is 0 Å². The lowest BCUT2D eigenvalue weighted by atomic mass is 10.0. The SMILES string of the molecule is Ic1nc(-c2ccccc2)cc(-c2ccc(-c3ccc4c(c3)oc3ccccc34)cc2)n1. The maximum absolute atomic E-state index is 6.06. The Kier molecular flexibility index (Phi) is 4.72. The van der Waals surface area contributed by atoms with Crippen molar-refractivity contribution in [2.75, 3.05) is 0 Å². The highest BCUT2D eigenvalue weighted by molar-refractivity contribution is 14.1. The normalized spacial score (nSPS) is 11.3. The van der Waals surface area contributed by atoms with E-state index in [9.17, 15) is 0 Å². The molecule has 0 atom stereocenters. The summed E-state index contributed by atoms with van der Waals surface area (Å²) in [4.78, 5) is 9.26. The van der Waals surface area contributed by atoms with E-state index in [0.29, 0.717) is 0 Å². The molecule has 2 aromatic heterocycles. The molecule has 0 aliphatic rings. The summed E-state index contributed by atoms with van der Waals surface area (Å²) < 4.78 is 6.79. The molecule has 0 aliphatic heterocycles. The molecular weight excluding hydrogens is 507 g/mol. The number of hydrogen-bond donors (Lipinski definition) is 0. The zero-order valence-corrected chi connectivity index (χ0v) is 19.2. The number of furan rings is 1. The minimum absolute atomic E-state index is 0.735. The molecule has 152 valence electrons. The molecule has 6 rings (SSSR count). The van der Waals surface area contributed by atoms with Gasteiger partial charge >= 0.3 is 0 Å². The molecule has 0 spiro atoms. The Morgan fingerprint density at radius 3 is 1.88 bits per heavy atom. The van der Waals surface area contributed by atoms with Crippen LogP contribution in [0.25, 0.3) is 55.6 Å². The second-order valence-electron chi connectivity index (χ2n) is 7.66. The van der Waals surface area contributed by atoms with Crippen LogP contribution in [0.1, 0.15) is 0 Å². The van der Waals surface area contributed by atoms with Crippen LogP contribution in [0.5, 0.6) is 0 Å². The predicted octanol–water partition coefficient (Wildman–Crippen LogP) is 7.98. The van der Waals surface area contributed by atoms with E-state index >= 15 is 0 Å². The largest absolute Gasteiger partial charge is 0.456 e. The predicted molar refractivity (Wildman–Crippen MR) is 138 cm³/mol. The number of rotatable bonds is 3. The number of para-hydroxylation sites is 1. The van der Waals surface area contributed by atoms with E-state index in [1.807, 2.05) is 42.5 Å². The highest BCUT2D eigenvalue weighted by Gasteiger charge is 2.10. The van der Waals surface area contributed by atoms with Gasteiger partial charge in [-0.1, -0.05) is 78.9 Å². The number of fused-ring (bicyclic) bond motifs is 3. The maximum Gasteiger partial charge on any atom is 0.191 e. The molecule has 4 heteroatoms. The summed E-state index contributed by atoms with van der Waals surface area (Å²) in [5, 5.41) is 2.29. The van der Waals surface area contributed by atoms with Gasteiger partial charge in [-0.15, -0.1) is 0 Å². The highest BCUT2D eigenvalue weighted by atomic mass is 127. The minimum atomic E-state index is 0.735. The molecular formula is C28H17IN2O. The Morgan fingerprint density at radius 2 is 1.09 bits per heavy atom. The molecule has 0 radical (unpaired) electrons. The molecule has 3 nitrogen and oxygen atoms in total. The van der Waals surface area contributed by atoms with E-state index in [1.165, 1.54) is 0 Å². The summed E-state index contributed by atoms with van der Waals surface area (Å²) in [6, 6.07) is 35.3. The summed E-state index contributed by atoms with van der Waals surface area (Å²) >= 11 is 2.18. The van der Waals surface area contributed by atoms with Crippen molar-refractivity contribution < 1.29 is 4.42 Å². The van der Waals surface area contributed by atoms with Crippen molar-refractivity contribution in [3.05, 3.63) is 107 Å². The fourth-order valence-electron chi connectivity index (χ4n) is 4.06. The summed E-state index contributed by atoms with van der Waals surface area (Å²) in [5.41, 5.74) is 8.10. The average molecular weight is 524 g/mol. The van der Waals surface area contributed by atoms with E-state index in [2.05, 4.69) is 93.2 Å². The third-order valence-corrected chi connectivity index (χ3v) is 6.14. The van der Waals surface area contributed by atoms with E-state index in [4.69, 9.17) is 4.42 Å². The Balaban J connectivity index is 1.36. The van der Waals surface area contributed by atoms with Gasteiger partial charge in [-0.05, 0) is 35.4 Å². The Labute approximate surface area is 198 Å². The van der Waals surface area contributed by atoms with Crippen molar-refractivity contribution in [2.24, 2.45) is 0 Å². The van der Waals surface area contributed by atoms with Crippen molar-refractivity contribution in [3.63, 3.8) is 0 Å². The Morgan fingerprint density at radius 1 is 0.500 bits per heavy atom. The topological polar surface area (TPSA) is 38.9 Å². The van der Waals surface area contributed by atoms with Crippen molar-refractivity contribution in [2.45, 2.75) is 0 Å². The monoisotopic (exact) mass is 524 g/mol. The van der Waals surface area contributed by atoms with Crippen LogP contribution in [0.15, 0.2) is 108 Å². The molecule has 0 N–H and O–H groups in total. The number of aromatic nitrogens is 2. The number of hydrogen-bond acceptors (Lipinski definition) is 3. The van der Waals surface area contributed by atoms with Crippen LogP contribution in [0.4, 0.5) is 0 Å². The molecule has 0 fully saturated rings. The third-order valence-electron chi connectivity index (χ3n) is 5.66. The summed E-state index contributed by atoms with van der Waals surface area (Å²) in [7, 11) is 0. The van der Waals surface area contributed by atoms with Crippen molar-refractivity contribution in [3.8, 4) is 33.6 Å². The zero-order valence-electron chi connectivity index (χ0n) is 17.0. The van der Waals surface area contributed by atoms with E-state index in [1.54, 1.807) is 0 Å². The van der Waals surface area contributed by atoms with Crippen LogP contribution >= 0.6 is 22.6 Å². The van der Waals surface area contributed by atoms with Crippen molar-refractivity contribution in [1.82, 2.24) is 9.97 Å². The van der Waals surface area contributed by atoms with Gasteiger partial charge in [0, 0.05) is 44.5 Å². The first-order chi connectivity index (χ1) is 15.7. The van der Waals surface area contributed by atoms with Crippen molar-refractivity contribution >= 4 is 44.5 Å². The minimum Gasteiger partial charge on any atom is -0.456 e. The summed E-state index contributed by atoms with van der Waals surface area (Å²) in [5.74, 6) is 0. The molecule has 0 bridgehead atoms. The van der Waals surface area contributed by atoms with Gasteiger partial charge in [-0.25, -0.2) is 9.97 Å².